The van der Waals surface area contributed by atoms with Crippen LogP contribution in [0.15, 0.2) is 110 Å². The Morgan fingerprint density at radius 1 is 0.654 bits per heavy atom. The number of furan rings is 1. The number of nitrogens with zero attached hydrogens (tertiary/aromatic N) is 4. The number of aromatic nitrogens is 1. The fourth-order valence-electron chi connectivity index (χ4n) is 6.54. The first kappa shape index (κ1) is 33.5. The lowest BCUT2D eigenvalue weighted by Crippen LogP contribution is -2.57. The first-order valence-electron chi connectivity index (χ1n) is 16.2. The van der Waals surface area contributed by atoms with Crippen molar-refractivity contribution in [2.24, 2.45) is 0 Å². The van der Waals surface area contributed by atoms with E-state index in [1.54, 1.807) is 54.6 Å². The number of imide groups is 1. The summed E-state index contributed by atoms with van der Waals surface area (Å²) in [6.07, 6.45) is 1.45. The number of hydrogen-bond donors (Lipinski definition) is 0. The van der Waals surface area contributed by atoms with Crippen LogP contribution < -0.4 is 14.7 Å². The number of thiazole rings is 1. The van der Waals surface area contributed by atoms with E-state index in [9.17, 15) is 19.2 Å². The number of benzene rings is 4. The molecule has 0 radical (unpaired) electrons. The Balaban J connectivity index is 1.09. The monoisotopic (exact) mass is 740 g/mol. The van der Waals surface area contributed by atoms with Gasteiger partial charge in [-0.3, -0.25) is 29.0 Å². The van der Waals surface area contributed by atoms with Crippen molar-refractivity contribution >= 4 is 97.4 Å². The van der Waals surface area contributed by atoms with Crippen molar-refractivity contribution in [1.82, 2.24) is 4.98 Å². The van der Waals surface area contributed by atoms with Crippen LogP contribution in [0.5, 0.6) is 0 Å². The first-order chi connectivity index (χ1) is 24.9. The van der Waals surface area contributed by atoms with E-state index in [-0.39, 0.29) is 22.5 Å². The minimum Gasteiger partial charge on any atom is -0.450 e. The highest BCUT2D eigenvalue weighted by molar-refractivity contribution is 8.01. The molecule has 0 bridgehead atoms. The molecule has 2 aliphatic heterocycles. The predicted molar refractivity (Wildman–Crippen MR) is 207 cm³/mol. The third-order valence-corrected chi connectivity index (χ3v) is 11.0. The molecular formula is C40H28N4O5S3. The number of thiocarbonyl (C=S) groups is 1. The van der Waals surface area contributed by atoms with Gasteiger partial charge in [-0.2, -0.15) is 0 Å². The molecule has 2 aliphatic rings. The average Bonchev–Trinajstić information content (AvgIpc) is 3.77. The van der Waals surface area contributed by atoms with Crippen molar-refractivity contribution in [2.75, 3.05) is 14.7 Å². The van der Waals surface area contributed by atoms with Crippen LogP contribution in [0.25, 0.3) is 16.3 Å². The highest BCUT2D eigenvalue weighted by Gasteiger charge is 2.42. The smallest absolute Gasteiger partial charge is 0.270 e. The molecule has 4 amide bonds. The molecule has 8 rings (SSSR count). The van der Waals surface area contributed by atoms with Crippen molar-refractivity contribution < 1.29 is 23.6 Å². The standard InChI is InChI=1S/C40H28N4O5S3/c1-21-13-22(2)16-26(15-21)43-37(47)31(38(48)44(40(43)50)27-17-23(3)14-24(4)18-27)20-28-10-12-34(49-28)52-39-41-32-11-9-25(19-33(32)51-39)42-35(45)29-7-5-6-8-30(29)36(42)46/h5-20H,1-4H3. The molecule has 0 unspecified atom stereocenters. The first-order valence-corrected chi connectivity index (χ1v) is 18.3. The number of hydrogen-bond acceptors (Lipinski definition) is 9. The normalized spacial score (nSPS) is 14.7. The van der Waals surface area contributed by atoms with Crippen LogP contribution in [0.2, 0.25) is 0 Å². The van der Waals surface area contributed by atoms with Gasteiger partial charge in [-0.25, -0.2) is 9.88 Å². The maximum absolute atomic E-state index is 14.1. The molecule has 4 aromatic carbocycles. The molecule has 6 aromatic rings. The number of carbonyl (C=O) groups excluding carboxylic acids is 4. The summed E-state index contributed by atoms with van der Waals surface area (Å²) in [5.74, 6) is -1.51. The summed E-state index contributed by atoms with van der Waals surface area (Å²) in [7, 11) is 0. The van der Waals surface area contributed by atoms with Gasteiger partial charge in [0, 0.05) is 0 Å². The molecule has 0 aliphatic carbocycles. The summed E-state index contributed by atoms with van der Waals surface area (Å²) < 4.78 is 7.58. The summed E-state index contributed by atoms with van der Waals surface area (Å²) >= 11 is 8.51. The Labute approximate surface area is 312 Å². The number of rotatable bonds is 6. The SMILES string of the molecule is Cc1cc(C)cc(N2C(=O)C(=Cc3ccc(Sc4nc5ccc(N6C(=O)c7ccccc7C6=O)cc5s4)o3)C(=O)N(c3cc(C)cc(C)c3)C2=S)c1. The fraction of sp³-hybridized carbons (Fsp3) is 0.100. The number of fused-ring (bicyclic) bond motifs is 2. The predicted octanol–water partition coefficient (Wildman–Crippen LogP) is 8.82. The van der Waals surface area contributed by atoms with Gasteiger partial charge in [-0.15, -0.1) is 11.3 Å². The molecule has 52 heavy (non-hydrogen) atoms. The number of aryl methyl sites for hydroxylation is 4. The van der Waals surface area contributed by atoms with Crippen molar-refractivity contribution in [2.45, 2.75) is 37.1 Å². The van der Waals surface area contributed by atoms with Crippen molar-refractivity contribution in [3.63, 3.8) is 0 Å². The second-order valence-corrected chi connectivity index (χ2v) is 15.3. The molecule has 1 saturated heterocycles. The van der Waals surface area contributed by atoms with E-state index in [1.165, 1.54) is 43.9 Å². The number of anilines is 3. The Bertz CT molecular complexity index is 2430. The summed E-state index contributed by atoms with van der Waals surface area (Å²) in [6.45, 7) is 7.77. The number of carbonyl (C=O) groups is 4. The lowest BCUT2D eigenvalue weighted by molar-refractivity contribution is -0.120. The van der Waals surface area contributed by atoms with Crippen LogP contribution >= 0.6 is 35.3 Å². The van der Waals surface area contributed by atoms with Gasteiger partial charge in [-0.1, -0.05) is 24.3 Å². The van der Waals surface area contributed by atoms with Gasteiger partial charge in [0.25, 0.3) is 23.6 Å². The maximum atomic E-state index is 14.1. The molecule has 9 nitrogen and oxygen atoms in total. The minimum absolute atomic E-state index is 0.0693. The van der Waals surface area contributed by atoms with Crippen LogP contribution in [-0.4, -0.2) is 33.7 Å². The van der Waals surface area contributed by atoms with E-state index >= 15 is 0 Å². The van der Waals surface area contributed by atoms with E-state index in [4.69, 9.17) is 21.6 Å². The molecule has 256 valence electrons. The van der Waals surface area contributed by atoms with Crippen LogP contribution in [0.3, 0.4) is 0 Å². The van der Waals surface area contributed by atoms with Crippen molar-refractivity contribution in [3.8, 4) is 0 Å². The number of amides is 4. The Morgan fingerprint density at radius 2 is 1.21 bits per heavy atom. The molecule has 4 heterocycles. The highest BCUT2D eigenvalue weighted by atomic mass is 32.2. The topological polar surface area (TPSA) is 104 Å². The highest BCUT2D eigenvalue weighted by Crippen LogP contribution is 2.39. The molecule has 12 heteroatoms. The Kier molecular flexibility index (Phi) is 8.25. The van der Waals surface area contributed by atoms with E-state index in [2.05, 4.69) is 0 Å². The van der Waals surface area contributed by atoms with Crippen LogP contribution in [0, 0.1) is 27.7 Å². The second-order valence-electron chi connectivity index (χ2n) is 12.7. The van der Waals surface area contributed by atoms with E-state index < -0.39 is 11.8 Å². The molecule has 0 saturated carbocycles. The lowest BCUT2D eigenvalue weighted by Gasteiger charge is -2.37. The van der Waals surface area contributed by atoms with Gasteiger partial charge < -0.3 is 4.42 Å². The van der Waals surface area contributed by atoms with Crippen LogP contribution in [0.4, 0.5) is 17.1 Å². The third-order valence-electron chi connectivity index (χ3n) is 8.66. The zero-order valence-electron chi connectivity index (χ0n) is 28.3. The summed E-state index contributed by atoms with van der Waals surface area (Å²) in [6, 6.07) is 27.0. The molecule has 0 atom stereocenters. The summed E-state index contributed by atoms with van der Waals surface area (Å²) in [4.78, 5) is 63.0. The average molecular weight is 741 g/mol. The van der Waals surface area contributed by atoms with Crippen molar-refractivity contribution in [1.29, 1.82) is 0 Å². The van der Waals surface area contributed by atoms with Gasteiger partial charge in [-0.05, 0) is 147 Å². The lowest BCUT2D eigenvalue weighted by atomic mass is 10.0. The molecular weight excluding hydrogens is 713 g/mol. The van der Waals surface area contributed by atoms with Gasteiger partial charge in [0.1, 0.15) is 11.3 Å². The zero-order chi connectivity index (χ0) is 36.4. The van der Waals surface area contributed by atoms with Gasteiger partial charge in [0.15, 0.2) is 14.5 Å². The maximum Gasteiger partial charge on any atom is 0.270 e. The molecule has 1 fully saturated rings. The summed E-state index contributed by atoms with van der Waals surface area (Å²) in [5.41, 5.74) is 6.78. The van der Waals surface area contributed by atoms with Crippen LogP contribution in [0.1, 0.15) is 48.7 Å². The fourth-order valence-corrected chi connectivity index (χ4v) is 8.92. The second kappa shape index (κ2) is 12.8. The molecule has 2 aromatic heterocycles. The Morgan fingerprint density at radius 3 is 1.77 bits per heavy atom. The van der Waals surface area contributed by atoms with Gasteiger partial charge >= 0.3 is 0 Å². The minimum atomic E-state index is -0.550. The largest absolute Gasteiger partial charge is 0.450 e. The van der Waals surface area contributed by atoms with Gasteiger partial charge in [0.05, 0.1) is 38.4 Å². The van der Waals surface area contributed by atoms with E-state index in [1.807, 2.05) is 64.1 Å². The van der Waals surface area contributed by atoms with E-state index in [0.29, 0.717) is 48.9 Å². The Hall–Kier alpha value is -5.69. The zero-order valence-corrected chi connectivity index (χ0v) is 30.7. The quantitative estimate of drug-likeness (QED) is 0.0723. The molecule has 0 N–H and O–H groups in total. The third kappa shape index (κ3) is 5.84. The molecule has 0 spiro atoms. The van der Waals surface area contributed by atoms with E-state index in [0.717, 1.165) is 27.0 Å². The van der Waals surface area contributed by atoms with Gasteiger partial charge in [0.2, 0.25) is 0 Å². The van der Waals surface area contributed by atoms with Crippen molar-refractivity contribution in [3.05, 3.63) is 136 Å². The van der Waals surface area contributed by atoms with Crippen LogP contribution in [-0.2, 0) is 9.59 Å². The summed E-state index contributed by atoms with van der Waals surface area (Å²) in [5, 5.41) is 0.565.